The van der Waals surface area contributed by atoms with E-state index in [0.717, 1.165) is 33.6 Å². The average molecular weight is 421 g/mol. The molecule has 6 heteroatoms. The van der Waals surface area contributed by atoms with E-state index in [0.29, 0.717) is 13.1 Å². The zero-order chi connectivity index (χ0) is 21.9. The molecule has 0 aliphatic heterocycles. The molecule has 0 fully saturated rings. The summed E-state index contributed by atoms with van der Waals surface area (Å²) in [6.45, 7) is 5.42. The van der Waals surface area contributed by atoms with Gasteiger partial charge < -0.3 is 0 Å². The Morgan fingerprint density at radius 3 is 1.28 bits per heavy atom. The number of hydrogen-bond acceptors (Lipinski definition) is 4. The Morgan fingerprint density at radius 2 is 0.906 bits per heavy atom. The lowest BCUT2D eigenvalue weighted by molar-refractivity contribution is 0.587. The van der Waals surface area contributed by atoms with Crippen molar-refractivity contribution in [1.29, 1.82) is 0 Å². The van der Waals surface area contributed by atoms with Crippen molar-refractivity contribution in [2.24, 2.45) is 0 Å². The molecule has 32 heavy (non-hydrogen) atoms. The number of rotatable bonds is 6. The maximum Gasteiger partial charge on any atom is 0.113 e. The quantitative estimate of drug-likeness (QED) is 0.391. The van der Waals surface area contributed by atoms with E-state index < -0.39 is 0 Å². The predicted molar refractivity (Wildman–Crippen MR) is 125 cm³/mol. The van der Waals surface area contributed by atoms with Crippen LogP contribution in [0.1, 0.15) is 22.3 Å². The van der Waals surface area contributed by atoms with Crippen molar-refractivity contribution in [3.05, 3.63) is 107 Å². The standard InChI is InChI=1S/C26H24N6/c1-19-3-11-23(12-4-19)25-15-27-31(29-25)17-21-7-9-22(10-8-21)18-32-28-16-26(30-32)24-13-5-20(2)6-14-24/h3-16H,17-18H2,1-2H3. The van der Waals surface area contributed by atoms with Crippen molar-refractivity contribution < 1.29 is 0 Å². The van der Waals surface area contributed by atoms with Crippen LogP contribution in [0.5, 0.6) is 0 Å². The molecule has 158 valence electrons. The molecule has 5 aromatic rings. The molecule has 0 unspecified atom stereocenters. The summed E-state index contributed by atoms with van der Waals surface area (Å²) in [5.41, 5.74) is 8.69. The second-order valence-corrected chi connectivity index (χ2v) is 8.07. The van der Waals surface area contributed by atoms with E-state index >= 15 is 0 Å². The molecular weight excluding hydrogens is 396 g/mol. The molecule has 0 saturated carbocycles. The first-order valence-electron chi connectivity index (χ1n) is 10.6. The van der Waals surface area contributed by atoms with Crippen LogP contribution in [-0.4, -0.2) is 30.0 Å². The first kappa shape index (κ1) is 19.9. The van der Waals surface area contributed by atoms with Gasteiger partial charge in [0, 0.05) is 11.1 Å². The summed E-state index contributed by atoms with van der Waals surface area (Å²) in [6.07, 6.45) is 3.63. The molecule has 5 rings (SSSR count). The lowest BCUT2D eigenvalue weighted by Crippen LogP contribution is -2.06. The molecule has 0 amide bonds. The molecule has 2 heterocycles. The van der Waals surface area contributed by atoms with Crippen molar-refractivity contribution in [2.45, 2.75) is 26.9 Å². The molecule has 0 atom stereocenters. The largest absolute Gasteiger partial charge is 0.180 e. The van der Waals surface area contributed by atoms with Gasteiger partial charge in [-0.15, -0.1) is 0 Å². The minimum atomic E-state index is 0.629. The van der Waals surface area contributed by atoms with Crippen molar-refractivity contribution in [3.8, 4) is 22.5 Å². The van der Waals surface area contributed by atoms with Crippen LogP contribution < -0.4 is 0 Å². The summed E-state index contributed by atoms with van der Waals surface area (Å²) in [7, 11) is 0. The summed E-state index contributed by atoms with van der Waals surface area (Å²) in [5.74, 6) is 0. The third-order valence-corrected chi connectivity index (χ3v) is 5.44. The summed E-state index contributed by atoms with van der Waals surface area (Å²) in [6, 6.07) is 25.1. The highest BCUT2D eigenvalue weighted by molar-refractivity contribution is 5.58. The third-order valence-electron chi connectivity index (χ3n) is 5.44. The number of hydrogen-bond donors (Lipinski definition) is 0. The lowest BCUT2D eigenvalue weighted by Gasteiger charge is -2.04. The van der Waals surface area contributed by atoms with Crippen LogP contribution in [0.15, 0.2) is 85.2 Å². The van der Waals surface area contributed by atoms with Crippen molar-refractivity contribution in [2.75, 3.05) is 0 Å². The monoisotopic (exact) mass is 420 g/mol. The van der Waals surface area contributed by atoms with Gasteiger partial charge in [0.1, 0.15) is 11.4 Å². The Bertz CT molecular complexity index is 1210. The van der Waals surface area contributed by atoms with Crippen LogP contribution >= 0.6 is 0 Å². The normalized spacial score (nSPS) is 11.1. The molecular formula is C26H24N6. The number of nitrogens with zero attached hydrogens (tertiary/aromatic N) is 6. The van der Waals surface area contributed by atoms with E-state index in [1.165, 1.54) is 11.1 Å². The molecule has 0 N–H and O–H groups in total. The topological polar surface area (TPSA) is 61.4 Å². The van der Waals surface area contributed by atoms with E-state index in [-0.39, 0.29) is 0 Å². The molecule has 6 nitrogen and oxygen atoms in total. The highest BCUT2D eigenvalue weighted by atomic mass is 15.5. The van der Waals surface area contributed by atoms with Gasteiger partial charge in [0.2, 0.25) is 0 Å². The van der Waals surface area contributed by atoms with Crippen LogP contribution in [0.4, 0.5) is 0 Å². The average Bonchev–Trinajstić information content (AvgIpc) is 3.46. The van der Waals surface area contributed by atoms with Gasteiger partial charge >= 0.3 is 0 Å². The second-order valence-electron chi connectivity index (χ2n) is 8.07. The Morgan fingerprint density at radius 1 is 0.531 bits per heavy atom. The number of aromatic nitrogens is 6. The van der Waals surface area contributed by atoms with Crippen LogP contribution in [0.25, 0.3) is 22.5 Å². The van der Waals surface area contributed by atoms with Crippen molar-refractivity contribution >= 4 is 0 Å². The highest BCUT2D eigenvalue weighted by Crippen LogP contribution is 2.18. The van der Waals surface area contributed by atoms with Crippen LogP contribution in [0, 0.1) is 13.8 Å². The van der Waals surface area contributed by atoms with Gasteiger partial charge in [-0.1, -0.05) is 83.9 Å². The SMILES string of the molecule is Cc1ccc(-c2cnn(Cc3ccc(Cn4ncc(-c5ccc(C)cc5)n4)cc3)n2)cc1. The number of aryl methyl sites for hydroxylation is 2. The van der Waals surface area contributed by atoms with Gasteiger partial charge in [0.05, 0.1) is 25.5 Å². The van der Waals surface area contributed by atoms with E-state index in [9.17, 15) is 0 Å². The van der Waals surface area contributed by atoms with Crippen molar-refractivity contribution in [1.82, 2.24) is 30.0 Å². The molecule has 3 aromatic carbocycles. The molecule has 2 aromatic heterocycles. The molecule has 0 aliphatic carbocycles. The molecule has 0 radical (unpaired) electrons. The summed E-state index contributed by atoms with van der Waals surface area (Å²) < 4.78 is 0. The van der Waals surface area contributed by atoms with Crippen molar-refractivity contribution in [3.63, 3.8) is 0 Å². The molecule has 0 bridgehead atoms. The van der Waals surface area contributed by atoms with E-state index in [4.69, 9.17) is 0 Å². The minimum absolute atomic E-state index is 0.629. The second kappa shape index (κ2) is 8.59. The van der Waals surface area contributed by atoms with Gasteiger partial charge in [0.25, 0.3) is 0 Å². The Labute approximate surface area is 187 Å². The minimum Gasteiger partial charge on any atom is -0.180 e. The Hall–Kier alpha value is -4.06. The fourth-order valence-electron chi connectivity index (χ4n) is 3.54. The zero-order valence-corrected chi connectivity index (χ0v) is 18.2. The van der Waals surface area contributed by atoms with Gasteiger partial charge in [0.15, 0.2) is 0 Å². The summed E-state index contributed by atoms with van der Waals surface area (Å²) >= 11 is 0. The lowest BCUT2D eigenvalue weighted by atomic mass is 10.1. The summed E-state index contributed by atoms with van der Waals surface area (Å²) in [5, 5.41) is 18.1. The van der Waals surface area contributed by atoms with Gasteiger partial charge in [-0.05, 0) is 25.0 Å². The zero-order valence-electron chi connectivity index (χ0n) is 18.2. The van der Waals surface area contributed by atoms with Crippen LogP contribution in [0.2, 0.25) is 0 Å². The van der Waals surface area contributed by atoms with Crippen LogP contribution in [-0.2, 0) is 13.1 Å². The highest BCUT2D eigenvalue weighted by Gasteiger charge is 2.06. The van der Waals surface area contributed by atoms with E-state index in [1.54, 1.807) is 9.59 Å². The van der Waals surface area contributed by atoms with Gasteiger partial charge in [-0.25, -0.2) is 0 Å². The third kappa shape index (κ3) is 4.49. The summed E-state index contributed by atoms with van der Waals surface area (Å²) in [4.78, 5) is 3.46. The fourth-order valence-corrected chi connectivity index (χ4v) is 3.54. The Kier molecular flexibility index (Phi) is 5.34. The smallest absolute Gasteiger partial charge is 0.113 e. The molecule has 0 spiro atoms. The molecule has 0 aliphatic rings. The van der Waals surface area contributed by atoms with E-state index in [1.807, 2.05) is 12.4 Å². The first-order chi connectivity index (χ1) is 15.6. The maximum absolute atomic E-state index is 4.61. The van der Waals surface area contributed by atoms with E-state index in [2.05, 4.69) is 107 Å². The number of benzene rings is 3. The Balaban J connectivity index is 1.23. The first-order valence-corrected chi connectivity index (χ1v) is 10.6. The van der Waals surface area contributed by atoms with Gasteiger partial charge in [-0.2, -0.15) is 30.0 Å². The fraction of sp³-hybridized carbons (Fsp3) is 0.154. The van der Waals surface area contributed by atoms with Crippen LogP contribution in [0.3, 0.4) is 0 Å². The van der Waals surface area contributed by atoms with Gasteiger partial charge in [-0.3, -0.25) is 0 Å². The molecule has 0 saturated heterocycles. The predicted octanol–water partition coefficient (Wildman–Crippen LogP) is 4.92. The maximum atomic E-state index is 4.61.